The van der Waals surface area contributed by atoms with Crippen molar-refractivity contribution in [2.75, 3.05) is 18.4 Å². The summed E-state index contributed by atoms with van der Waals surface area (Å²) in [6.07, 6.45) is 6.71. The van der Waals surface area contributed by atoms with Gasteiger partial charge in [-0.05, 0) is 57.0 Å². The second kappa shape index (κ2) is 8.64. The number of aromatic amines is 1. The minimum atomic E-state index is -3.58. The number of carbonyl (C=O) groups is 1. The summed E-state index contributed by atoms with van der Waals surface area (Å²) in [7, 11) is -3.58. The van der Waals surface area contributed by atoms with E-state index in [1.165, 1.54) is 16.4 Å². The maximum absolute atomic E-state index is 13.0. The van der Waals surface area contributed by atoms with Gasteiger partial charge in [0.2, 0.25) is 10.0 Å². The fourth-order valence-corrected chi connectivity index (χ4v) is 5.14. The van der Waals surface area contributed by atoms with Crippen molar-refractivity contribution in [2.24, 2.45) is 0 Å². The van der Waals surface area contributed by atoms with Gasteiger partial charge >= 0.3 is 0 Å². The normalized spacial score (nSPS) is 16.0. The number of rotatable bonds is 6. The molecule has 2 N–H and O–H groups in total. The summed E-state index contributed by atoms with van der Waals surface area (Å²) in [5.74, 6) is 0.823. The molecule has 0 atom stereocenters. The number of piperidine rings is 1. The van der Waals surface area contributed by atoms with Gasteiger partial charge in [0.25, 0.3) is 5.91 Å². The Morgan fingerprint density at radius 3 is 2.45 bits per heavy atom. The van der Waals surface area contributed by atoms with E-state index in [0.717, 1.165) is 18.7 Å². The van der Waals surface area contributed by atoms with Crippen molar-refractivity contribution in [1.29, 1.82) is 0 Å². The zero-order valence-corrected chi connectivity index (χ0v) is 18.3. The highest BCUT2D eigenvalue weighted by molar-refractivity contribution is 7.89. The maximum atomic E-state index is 13.0. The number of sulfonamides is 1. The number of hydrogen-bond donors (Lipinski definition) is 2. The fourth-order valence-electron chi connectivity index (χ4n) is 3.67. The molecule has 0 aliphatic carbocycles. The molecule has 1 saturated heterocycles. The van der Waals surface area contributed by atoms with E-state index in [1.54, 1.807) is 41.5 Å². The fraction of sp³-hybridized carbons (Fsp3) is 0.381. The summed E-state index contributed by atoms with van der Waals surface area (Å²) >= 11 is 0. The highest BCUT2D eigenvalue weighted by atomic mass is 32.2. The molecule has 0 saturated carbocycles. The van der Waals surface area contributed by atoms with Crippen LogP contribution in [0.2, 0.25) is 0 Å². The zero-order chi connectivity index (χ0) is 22.0. The minimum Gasteiger partial charge on any atom is -0.348 e. The van der Waals surface area contributed by atoms with E-state index in [9.17, 15) is 13.2 Å². The van der Waals surface area contributed by atoms with Crippen LogP contribution >= 0.6 is 0 Å². The van der Waals surface area contributed by atoms with Crippen LogP contribution in [0.25, 0.3) is 0 Å². The third kappa shape index (κ3) is 4.54. The molecule has 10 heteroatoms. The predicted molar refractivity (Wildman–Crippen MR) is 116 cm³/mol. The number of nitrogens with zero attached hydrogens (tertiary/aromatic N) is 4. The summed E-state index contributed by atoms with van der Waals surface area (Å²) in [5.41, 5.74) is 0.824. The number of benzene rings is 1. The van der Waals surface area contributed by atoms with Crippen LogP contribution < -0.4 is 5.32 Å². The third-order valence-electron chi connectivity index (χ3n) is 5.48. The average Bonchev–Trinajstić information content (AvgIpc) is 3.47. The first kappa shape index (κ1) is 21.3. The van der Waals surface area contributed by atoms with Crippen LogP contribution in [0.1, 0.15) is 55.0 Å². The van der Waals surface area contributed by atoms with Gasteiger partial charge in [0.1, 0.15) is 5.82 Å². The van der Waals surface area contributed by atoms with E-state index in [0.29, 0.717) is 24.5 Å². The van der Waals surface area contributed by atoms with Crippen LogP contribution in [0, 0.1) is 0 Å². The van der Waals surface area contributed by atoms with Crippen LogP contribution in [-0.4, -0.2) is 51.5 Å². The molecule has 1 aliphatic heterocycles. The van der Waals surface area contributed by atoms with E-state index < -0.39 is 10.0 Å². The van der Waals surface area contributed by atoms with Crippen LogP contribution in [0.5, 0.6) is 0 Å². The van der Waals surface area contributed by atoms with Crippen LogP contribution in [0.4, 0.5) is 5.69 Å². The summed E-state index contributed by atoms with van der Waals surface area (Å²) in [6, 6.07) is 8.06. The smallest absolute Gasteiger partial charge is 0.276 e. The minimum absolute atomic E-state index is 0.162. The van der Waals surface area contributed by atoms with Gasteiger partial charge in [0, 0.05) is 49.3 Å². The average molecular weight is 443 g/mol. The third-order valence-corrected chi connectivity index (χ3v) is 7.39. The molecule has 31 heavy (non-hydrogen) atoms. The van der Waals surface area contributed by atoms with Gasteiger partial charge in [-0.15, -0.1) is 0 Å². The van der Waals surface area contributed by atoms with Gasteiger partial charge in [-0.2, -0.15) is 9.40 Å². The summed E-state index contributed by atoms with van der Waals surface area (Å²) in [6.45, 7) is 4.86. The van der Waals surface area contributed by atoms with Gasteiger partial charge in [0.05, 0.1) is 4.90 Å². The first-order valence-electron chi connectivity index (χ1n) is 10.3. The molecule has 1 aliphatic rings. The molecule has 1 aromatic carbocycles. The molecule has 2 aromatic heterocycles. The number of anilines is 1. The van der Waals surface area contributed by atoms with E-state index in [4.69, 9.17) is 0 Å². The van der Waals surface area contributed by atoms with Crippen molar-refractivity contribution in [3.63, 3.8) is 0 Å². The maximum Gasteiger partial charge on any atom is 0.276 e. The van der Waals surface area contributed by atoms with Crippen LogP contribution in [0.3, 0.4) is 0 Å². The van der Waals surface area contributed by atoms with Crippen molar-refractivity contribution in [3.8, 4) is 0 Å². The van der Waals surface area contributed by atoms with Gasteiger partial charge in [0.15, 0.2) is 5.69 Å². The molecule has 3 heterocycles. The summed E-state index contributed by atoms with van der Waals surface area (Å²) in [5, 5.41) is 7.00. The van der Waals surface area contributed by atoms with Gasteiger partial charge in [-0.1, -0.05) is 0 Å². The molecule has 0 radical (unpaired) electrons. The Morgan fingerprint density at radius 2 is 1.87 bits per heavy atom. The Balaban J connectivity index is 1.39. The quantitative estimate of drug-likeness (QED) is 0.609. The molecule has 1 amide bonds. The van der Waals surface area contributed by atoms with Crippen molar-refractivity contribution in [2.45, 2.75) is 43.5 Å². The SMILES string of the molecule is CC(C)n1ccc(C(=O)Nc2ccc(S(=O)(=O)N3CCC(c4ncc[nH]4)CC3)cc2)n1. The summed E-state index contributed by atoms with van der Waals surface area (Å²) in [4.78, 5) is 20.0. The van der Waals surface area contributed by atoms with E-state index in [1.807, 2.05) is 13.8 Å². The van der Waals surface area contributed by atoms with Crippen molar-refractivity contribution in [1.82, 2.24) is 24.1 Å². The number of amides is 1. The molecule has 164 valence electrons. The van der Waals surface area contributed by atoms with E-state index >= 15 is 0 Å². The Morgan fingerprint density at radius 1 is 1.16 bits per heavy atom. The monoisotopic (exact) mass is 442 g/mol. The number of carbonyl (C=O) groups excluding carboxylic acids is 1. The Bertz CT molecular complexity index is 1130. The van der Waals surface area contributed by atoms with Gasteiger partial charge < -0.3 is 10.3 Å². The largest absolute Gasteiger partial charge is 0.348 e. The zero-order valence-electron chi connectivity index (χ0n) is 17.5. The van der Waals surface area contributed by atoms with Crippen LogP contribution in [-0.2, 0) is 10.0 Å². The van der Waals surface area contributed by atoms with Gasteiger partial charge in [-0.25, -0.2) is 13.4 Å². The first-order valence-corrected chi connectivity index (χ1v) is 11.7. The lowest BCUT2D eigenvalue weighted by Crippen LogP contribution is -2.38. The Kier molecular flexibility index (Phi) is 5.92. The highest BCUT2D eigenvalue weighted by Gasteiger charge is 2.30. The molecule has 9 nitrogen and oxygen atoms in total. The number of nitrogens with one attached hydrogen (secondary N) is 2. The lowest BCUT2D eigenvalue weighted by atomic mass is 9.98. The molecule has 3 aromatic rings. The molecule has 1 fully saturated rings. The molecule has 0 unspecified atom stereocenters. The van der Waals surface area contributed by atoms with E-state index in [2.05, 4.69) is 20.4 Å². The molecule has 0 spiro atoms. The van der Waals surface area contributed by atoms with Crippen molar-refractivity contribution in [3.05, 3.63) is 60.4 Å². The lowest BCUT2D eigenvalue weighted by Gasteiger charge is -2.30. The van der Waals surface area contributed by atoms with Crippen molar-refractivity contribution >= 4 is 21.6 Å². The molecule has 0 bridgehead atoms. The Hall–Kier alpha value is -2.98. The lowest BCUT2D eigenvalue weighted by molar-refractivity contribution is 0.102. The number of aromatic nitrogens is 4. The first-order chi connectivity index (χ1) is 14.8. The second-order valence-electron chi connectivity index (χ2n) is 7.91. The topological polar surface area (TPSA) is 113 Å². The Labute approximate surface area is 181 Å². The number of hydrogen-bond acceptors (Lipinski definition) is 5. The molecule has 4 rings (SSSR count). The number of H-pyrrole nitrogens is 1. The second-order valence-corrected chi connectivity index (χ2v) is 9.84. The standard InChI is InChI=1S/C21H26N6O3S/c1-15(2)27-14-9-19(25-27)21(28)24-17-3-5-18(6-4-17)31(29,30)26-12-7-16(8-13-26)20-22-10-11-23-20/h3-6,9-11,14-16H,7-8,12-13H2,1-2H3,(H,22,23)(H,24,28). The molecular weight excluding hydrogens is 416 g/mol. The number of imidazole rings is 1. The van der Waals surface area contributed by atoms with Gasteiger partial charge in [-0.3, -0.25) is 9.48 Å². The molecular formula is C21H26N6O3S. The van der Waals surface area contributed by atoms with Crippen LogP contribution in [0.15, 0.2) is 53.8 Å². The predicted octanol–water partition coefficient (Wildman–Crippen LogP) is 3.01. The summed E-state index contributed by atoms with van der Waals surface area (Å²) < 4.78 is 29.2. The van der Waals surface area contributed by atoms with Crippen molar-refractivity contribution < 1.29 is 13.2 Å². The highest BCUT2D eigenvalue weighted by Crippen LogP contribution is 2.29. The van der Waals surface area contributed by atoms with E-state index in [-0.39, 0.29) is 22.8 Å².